The predicted molar refractivity (Wildman–Crippen MR) is 115 cm³/mol. The molecule has 0 unspecified atom stereocenters. The third-order valence-electron chi connectivity index (χ3n) is 4.34. The molecule has 6 nitrogen and oxygen atoms in total. The third-order valence-corrected chi connectivity index (χ3v) is 5.48. The van der Waals surface area contributed by atoms with Gasteiger partial charge >= 0.3 is 0 Å². The van der Waals surface area contributed by atoms with Crippen LogP contribution in [-0.2, 0) is 16.6 Å². The predicted octanol–water partition coefficient (Wildman–Crippen LogP) is 3.91. The number of sulfonamides is 1. The number of hydrogen-bond acceptors (Lipinski definition) is 4. The molecule has 0 aliphatic carbocycles. The van der Waals surface area contributed by atoms with E-state index in [-0.39, 0.29) is 12.5 Å². The minimum atomic E-state index is -3.45. The van der Waals surface area contributed by atoms with Gasteiger partial charge in [-0.05, 0) is 42.0 Å². The van der Waals surface area contributed by atoms with E-state index in [1.807, 2.05) is 18.2 Å². The monoisotopic (exact) mass is 410 g/mol. The van der Waals surface area contributed by atoms with Gasteiger partial charge in [0.2, 0.25) is 10.0 Å². The highest BCUT2D eigenvalue weighted by Crippen LogP contribution is 2.24. The lowest BCUT2D eigenvalue weighted by atomic mass is 10.1. The second-order valence-corrected chi connectivity index (χ2v) is 8.36. The van der Waals surface area contributed by atoms with Crippen LogP contribution in [0.4, 0.5) is 11.4 Å². The normalized spacial score (nSPS) is 11.0. The highest BCUT2D eigenvalue weighted by molar-refractivity contribution is 7.92. The molecule has 3 aromatic rings. The van der Waals surface area contributed by atoms with Gasteiger partial charge in [-0.25, -0.2) is 8.42 Å². The van der Waals surface area contributed by atoms with Crippen molar-refractivity contribution in [1.82, 2.24) is 0 Å². The number of nitrogens with one attached hydrogen (secondary N) is 1. The molecule has 0 atom stereocenters. The topological polar surface area (TPSA) is 75.7 Å². The highest BCUT2D eigenvalue weighted by Gasteiger charge is 2.18. The molecule has 0 fully saturated rings. The van der Waals surface area contributed by atoms with E-state index >= 15 is 0 Å². The maximum Gasteiger partial charge on any atom is 0.255 e. The van der Waals surface area contributed by atoms with Crippen LogP contribution < -0.4 is 14.4 Å². The summed E-state index contributed by atoms with van der Waals surface area (Å²) in [5, 5.41) is 2.82. The first-order valence-electron chi connectivity index (χ1n) is 8.94. The molecule has 0 radical (unpaired) electrons. The zero-order valence-electron chi connectivity index (χ0n) is 16.2. The van der Waals surface area contributed by atoms with E-state index in [1.54, 1.807) is 67.8 Å². The fourth-order valence-corrected chi connectivity index (χ4v) is 3.75. The maximum atomic E-state index is 12.5. The van der Waals surface area contributed by atoms with E-state index in [4.69, 9.17) is 4.74 Å². The smallest absolute Gasteiger partial charge is 0.255 e. The minimum absolute atomic E-state index is 0.178. The first-order valence-corrected chi connectivity index (χ1v) is 10.8. The van der Waals surface area contributed by atoms with Gasteiger partial charge in [-0.1, -0.05) is 42.5 Å². The first-order chi connectivity index (χ1) is 13.9. The van der Waals surface area contributed by atoms with Crippen LogP contribution in [0.3, 0.4) is 0 Å². The van der Waals surface area contributed by atoms with Crippen LogP contribution in [0.2, 0.25) is 0 Å². The number of methoxy groups -OCH3 is 1. The third kappa shape index (κ3) is 5.14. The highest BCUT2D eigenvalue weighted by atomic mass is 32.2. The molecule has 29 heavy (non-hydrogen) atoms. The number of para-hydroxylation sites is 3. The summed E-state index contributed by atoms with van der Waals surface area (Å²) in [6.07, 6.45) is 1.18. The van der Waals surface area contributed by atoms with Gasteiger partial charge in [0.05, 0.1) is 31.3 Å². The summed E-state index contributed by atoms with van der Waals surface area (Å²) >= 11 is 0. The van der Waals surface area contributed by atoms with Crippen LogP contribution in [0.25, 0.3) is 0 Å². The van der Waals surface area contributed by atoms with Crippen molar-refractivity contribution < 1.29 is 17.9 Å². The molecule has 3 rings (SSSR count). The fourth-order valence-electron chi connectivity index (χ4n) is 2.86. The number of carbonyl (C=O) groups excluding carboxylic acids is 1. The van der Waals surface area contributed by atoms with E-state index in [1.165, 1.54) is 10.6 Å². The first kappa shape index (κ1) is 20.4. The van der Waals surface area contributed by atoms with Crippen LogP contribution in [0.1, 0.15) is 15.9 Å². The Morgan fingerprint density at radius 2 is 1.55 bits per heavy atom. The van der Waals surface area contributed by atoms with Crippen molar-refractivity contribution in [3.63, 3.8) is 0 Å². The van der Waals surface area contributed by atoms with Gasteiger partial charge in [0.1, 0.15) is 5.75 Å². The molecule has 150 valence electrons. The maximum absolute atomic E-state index is 12.5. The second-order valence-electron chi connectivity index (χ2n) is 6.46. The number of rotatable bonds is 7. The number of carbonyl (C=O) groups is 1. The Kier molecular flexibility index (Phi) is 6.19. The number of ether oxygens (including phenoxy) is 1. The van der Waals surface area contributed by atoms with Crippen LogP contribution in [0.5, 0.6) is 5.75 Å². The molecule has 0 saturated heterocycles. The number of benzene rings is 3. The van der Waals surface area contributed by atoms with E-state index < -0.39 is 10.0 Å². The number of anilines is 2. The molecule has 0 aliphatic heterocycles. The van der Waals surface area contributed by atoms with Crippen LogP contribution in [0.15, 0.2) is 78.9 Å². The zero-order valence-corrected chi connectivity index (χ0v) is 17.0. The lowest BCUT2D eigenvalue weighted by Gasteiger charge is -2.22. The van der Waals surface area contributed by atoms with Gasteiger partial charge in [-0.15, -0.1) is 0 Å². The molecular formula is C22H22N2O4S. The Morgan fingerprint density at radius 1 is 0.931 bits per heavy atom. The van der Waals surface area contributed by atoms with Crippen molar-refractivity contribution in [3.8, 4) is 5.75 Å². The zero-order chi connectivity index (χ0) is 20.9. The molecule has 3 aromatic carbocycles. The molecule has 0 bridgehead atoms. The number of hydrogen-bond donors (Lipinski definition) is 1. The largest absolute Gasteiger partial charge is 0.495 e. The summed E-state index contributed by atoms with van der Waals surface area (Å²) < 4.78 is 31.0. The van der Waals surface area contributed by atoms with Crippen molar-refractivity contribution in [3.05, 3.63) is 90.0 Å². The van der Waals surface area contributed by atoms with E-state index in [0.717, 1.165) is 5.56 Å². The SMILES string of the molecule is COc1ccccc1NC(=O)c1ccc(CN(c2ccccc2)S(C)(=O)=O)cc1. The molecule has 1 amide bonds. The summed E-state index contributed by atoms with van der Waals surface area (Å²) in [5.74, 6) is 0.299. The van der Waals surface area contributed by atoms with Crippen LogP contribution >= 0.6 is 0 Å². The molecule has 0 heterocycles. The molecule has 0 saturated carbocycles. The molecule has 0 aromatic heterocycles. The Balaban J connectivity index is 1.76. The van der Waals surface area contributed by atoms with Crippen LogP contribution in [-0.4, -0.2) is 27.7 Å². The van der Waals surface area contributed by atoms with Crippen molar-refractivity contribution >= 4 is 27.3 Å². The lowest BCUT2D eigenvalue weighted by Crippen LogP contribution is -2.29. The van der Waals surface area contributed by atoms with Gasteiger partial charge < -0.3 is 10.1 Å². The van der Waals surface area contributed by atoms with Gasteiger partial charge in [0.25, 0.3) is 5.91 Å². The summed E-state index contributed by atoms with van der Waals surface area (Å²) in [7, 11) is -1.91. The standard InChI is InChI=1S/C22H22N2O4S/c1-28-21-11-7-6-10-20(21)23-22(25)18-14-12-17(13-15-18)16-24(29(2,26)27)19-8-4-3-5-9-19/h3-15H,16H2,1-2H3,(H,23,25). The van der Waals surface area contributed by atoms with Gasteiger partial charge in [0.15, 0.2) is 0 Å². The van der Waals surface area contributed by atoms with Crippen molar-refractivity contribution in [2.45, 2.75) is 6.54 Å². The molecule has 7 heteroatoms. The van der Waals surface area contributed by atoms with Gasteiger partial charge in [0, 0.05) is 5.56 Å². The summed E-state index contributed by atoms with van der Waals surface area (Å²) in [4.78, 5) is 12.5. The molecular weight excluding hydrogens is 388 g/mol. The van der Waals surface area contributed by atoms with E-state index in [2.05, 4.69) is 5.32 Å². The summed E-state index contributed by atoms with van der Waals surface area (Å²) in [6.45, 7) is 0.178. The Hall–Kier alpha value is -3.32. The molecule has 0 aliphatic rings. The summed E-state index contributed by atoms with van der Waals surface area (Å²) in [5.41, 5.74) is 2.41. The quantitative estimate of drug-likeness (QED) is 0.641. The Bertz CT molecular complexity index is 1080. The van der Waals surface area contributed by atoms with E-state index in [9.17, 15) is 13.2 Å². The van der Waals surface area contributed by atoms with Crippen molar-refractivity contribution in [2.24, 2.45) is 0 Å². The Labute approximate surface area is 170 Å². The average Bonchev–Trinajstić information content (AvgIpc) is 2.72. The second kappa shape index (κ2) is 8.79. The van der Waals surface area contributed by atoms with Gasteiger partial charge in [-0.3, -0.25) is 9.10 Å². The van der Waals surface area contributed by atoms with Crippen molar-refractivity contribution in [2.75, 3.05) is 23.0 Å². The van der Waals surface area contributed by atoms with E-state index in [0.29, 0.717) is 22.7 Å². The average molecular weight is 410 g/mol. The van der Waals surface area contributed by atoms with Gasteiger partial charge in [-0.2, -0.15) is 0 Å². The molecule has 0 spiro atoms. The number of nitrogens with zero attached hydrogens (tertiary/aromatic N) is 1. The summed E-state index contributed by atoms with van der Waals surface area (Å²) in [6, 6.07) is 22.9. The Morgan fingerprint density at radius 3 is 2.17 bits per heavy atom. The lowest BCUT2D eigenvalue weighted by molar-refractivity contribution is 0.102. The van der Waals surface area contributed by atoms with Crippen LogP contribution in [0, 0.1) is 0 Å². The fraction of sp³-hybridized carbons (Fsp3) is 0.136. The minimum Gasteiger partial charge on any atom is -0.495 e. The van der Waals surface area contributed by atoms with Crippen molar-refractivity contribution in [1.29, 1.82) is 0 Å². The number of amides is 1. The molecule has 1 N–H and O–H groups in total.